The Kier molecular flexibility index (Phi) is 5.80. The minimum Gasteiger partial charge on any atom is -0.325 e. The van der Waals surface area contributed by atoms with Crippen LogP contribution in [0.15, 0.2) is 53.9 Å². The van der Waals surface area contributed by atoms with Gasteiger partial charge in [0.15, 0.2) is 5.17 Å². The summed E-state index contributed by atoms with van der Waals surface area (Å²) in [5, 5.41) is 10.6. The molecule has 0 saturated carbocycles. The molecular formula is C25H30N6OS. The fraction of sp³-hybridized carbons (Fsp3) is 0.360. The van der Waals surface area contributed by atoms with E-state index < -0.39 is 0 Å². The van der Waals surface area contributed by atoms with Crippen LogP contribution in [-0.4, -0.2) is 38.9 Å². The molecule has 2 aromatic carbocycles. The summed E-state index contributed by atoms with van der Waals surface area (Å²) < 4.78 is 0. The molecule has 0 spiro atoms. The highest BCUT2D eigenvalue weighted by molar-refractivity contribution is 8.14. The fourth-order valence-corrected chi connectivity index (χ4v) is 5.31. The second-order valence-electron chi connectivity index (χ2n) is 9.06. The molecule has 172 valence electrons. The molecule has 0 radical (unpaired) electrons. The largest absolute Gasteiger partial charge is 0.325 e. The van der Waals surface area contributed by atoms with E-state index in [1.807, 2.05) is 38.2 Å². The van der Waals surface area contributed by atoms with Gasteiger partial charge >= 0.3 is 0 Å². The zero-order valence-electron chi connectivity index (χ0n) is 19.4. The maximum atomic E-state index is 12.6. The van der Waals surface area contributed by atoms with Gasteiger partial charge in [0.25, 0.3) is 0 Å². The number of hydrogen-bond acceptors (Lipinski definition) is 7. The molecule has 3 N–H and O–H groups in total. The first-order valence-electron chi connectivity index (χ1n) is 11.3. The molecule has 0 bridgehead atoms. The molecule has 1 saturated heterocycles. The van der Waals surface area contributed by atoms with Crippen LogP contribution >= 0.6 is 11.8 Å². The van der Waals surface area contributed by atoms with E-state index in [1.54, 1.807) is 0 Å². The summed E-state index contributed by atoms with van der Waals surface area (Å²) in [5.41, 5.74) is 13.9. The molecule has 3 unspecified atom stereocenters. The van der Waals surface area contributed by atoms with E-state index in [4.69, 9.17) is 0 Å². The van der Waals surface area contributed by atoms with Crippen molar-refractivity contribution in [1.29, 1.82) is 0 Å². The smallest absolute Gasteiger partial charge is 0.234 e. The van der Waals surface area contributed by atoms with E-state index in [1.165, 1.54) is 28.5 Å². The molecule has 33 heavy (non-hydrogen) atoms. The van der Waals surface area contributed by atoms with Gasteiger partial charge in [-0.15, -0.1) is 0 Å². The number of carbonyl (C=O) groups is 1. The van der Waals surface area contributed by atoms with Crippen molar-refractivity contribution in [1.82, 2.24) is 20.8 Å². The lowest BCUT2D eigenvalue weighted by atomic mass is 9.97. The van der Waals surface area contributed by atoms with Gasteiger partial charge in [0.05, 0.1) is 17.8 Å². The predicted octanol–water partition coefficient (Wildman–Crippen LogP) is 3.90. The lowest BCUT2D eigenvalue weighted by Gasteiger charge is -2.36. The van der Waals surface area contributed by atoms with E-state index in [-0.39, 0.29) is 24.2 Å². The summed E-state index contributed by atoms with van der Waals surface area (Å²) in [7, 11) is 0. The number of benzene rings is 2. The summed E-state index contributed by atoms with van der Waals surface area (Å²) in [4.78, 5) is 14.7. The monoisotopic (exact) mass is 462 g/mol. The van der Waals surface area contributed by atoms with Crippen LogP contribution in [0.3, 0.4) is 0 Å². The number of hydrazine groups is 1. The van der Waals surface area contributed by atoms with Crippen LogP contribution in [0, 0.1) is 27.7 Å². The molecule has 3 aliphatic heterocycles. The normalized spacial score (nSPS) is 23.2. The van der Waals surface area contributed by atoms with Gasteiger partial charge in [0.1, 0.15) is 6.17 Å². The molecule has 0 aromatic heterocycles. The topological polar surface area (TPSA) is 72.0 Å². The van der Waals surface area contributed by atoms with Crippen LogP contribution in [-0.2, 0) is 4.79 Å². The lowest BCUT2D eigenvalue weighted by Crippen LogP contribution is -2.54. The first-order chi connectivity index (χ1) is 15.9. The zero-order chi connectivity index (χ0) is 23.1. The van der Waals surface area contributed by atoms with Crippen LogP contribution in [0.2, 0.25) is 0 Å². The van der Waals surface area contributed by atoms with Crippen molar-refractivity contribution in [2.24, 2.45) is 5.10 Å². The van der Waals surface area contributed by atoms with Gasteiger partial charge in [-0.1, -0.05) is 42.1 Å². The quantitative estimate of drug-likeness (QED) is 0.640. The van der Waals surface area contributed by atoms with E-state index in [0.29, 0.717) is 5.75 Å². The Labute approximate surface area is 199 Å². The van der Waals surface area contributed by atoms with E-state index in [9.17, 15) is 4.79 Å². The standard InChI is InChI=1S/C25H30N6OS/c1-15-5-6-17(3)20(11-15)26-23(32)14-33-25-28-27-24-22-13-21(29-31(22)10-9-30(24)25)19-8-7-16(2)18(4)12-19/h5-12,21-22,24,27,29H,13-14H2,1-4H3,(H,26,32). The number of nitrogens with zero attached hydrogens (tertiary/aromatic N) is 3. The van der Waals surface area contributed by atoms with Gasteiger partial charge < -0.3 is 15.2 Å². The van der Waals surface area contributed by atoms with Crippen molar-refractivity contribution in [3.63, 3.8) is 0 Å². The van der Waals surface area contributed by atoms with Gasteiger partial charge in [-0.25, -0.2) is 5.43 Å². The molecule has 7 nitrogen and oxygen atoms in total. The number of hydrazone groups is 1. The molecule has 8 heteroatoms. The van der Waals surface area contributed by atoms with Gasteiger partial charge in [-0.3, -0.25) is 10.2 Å². The van der Waals surface area contributed by atoms with Crippen LogP contribution in [0.25, 0.3) is 0 Å². The highest BCUT2D eigenvalue weighted by atomic mass is 32.2. The molecule has 2 aromatic rings. The van der Waals surface area contributed by atoms with Gasteiger partial charge in [0, 0.05) is 18.1 Å². The second-order valence-corrected chi connectivity index (χ2v) is 10.0. The third kappa shape index (κ3) is 4.32. The third-order valence-corrected chi connectivity index (χ3v) is 7.60. The molecule has 3 aliphatic rings. The number of aryl methyl sites for hydroxylation is 4. The first kappa shape index (κ1) is 21.9. The average Bonchev–Trinajstić information content (AvgIpc) is 3.40. The second kappa shape index (κ2) is 8.76. The zero-order valence-corrected chi connectivity index (χ0v) is 20.2. The average molecular weight is 463 g/mol. The number of nitrogens with one attached hydrogen (secondary N) is 3. The van der Waals surface area contributed by atoms with Crippen molar-refractivity contribution in [3.05, 3.63) is 76.6 Å². The van der Waals surface area contributed by atoms with Gasteiger partial charge in [0.2, 0.25) is 5.91 Å². The lowest BCUT2D eigenvalue weighted by molar-refractivity contribution is -0.113. The van der Waals surface area contributed by atoms with E-state index >= 15 is 0 Å². The number of thioether (sulfide) groups is 1. The number of rotatable bonds is 4. The van der Waals surface area contributed by atoms with Crippen molar-refractivity contribution in [2.75, 3.05) is 11.1 Å². The Balaban J connectivity index is 1.20. The van der Waals surface area contributed by atoms with Crippen molar-refractivity contribution >= 4 is 28.5 Å². The SMILES string of the molecule is Cc1ccc(C)c(NC(=O)CSC2=NNC3C4CC(c5ccc(C)c(C)c5)NN4C=CN23)c1. The van der Waals surface area contributed by atoms with Crippen molar-refractivity contribution in [2.45, 2.75) is 52.4 Å². The van der Waals surface area contributed by atoms with Crippen LogP contribution in [0.4, 0.5) is 5.69 Å². The Hall–Kier alpha value is -2.97. The molecular weight excluding hydrogens is 432 g/mol. The maximum Gasteiger partial charge on any atom is 0.234 e. The summed E-state index contributed by atoms with van der Waals surface area (Å²) in [6.45, 7) is 8.33. The fourth-order valence-electron chi connectivity index (χ4n) is 4.54. The number of carbonyl (C=O) groups excluding carboxylic acids is 1. The Morgan fingerprint density at radius 3 is 2.73 bits per heavy atom. The molecule has 0 aliphatic carbocycles. The van der Waals surface area contributed by atoms with E-state index in [2.05, 4.69) is 69.4 Å². The Bertz CT molecular complexity index is 1150. The van der Waals surface area contributed by atoms with Gasteiger partial charge in [-0.05, 0) is 68.0 Å². The van der Waals surface area contributed by atoms with Crippen LogP contribution < -0.4 is 16.2 Å². The summed E-state index contributed by atoms with van der Waals surface area (Å²) in [5.74, 6) is 0.280. The molecule has 3 atom stereocenters. The number of fused-ring (bicyclic) bond motifs is 3. The van der Waals surface area contributed by atoms with Gasteiger partial charge in [-0.2, -0.15) is 5.10 Å². The number of anilines is 1. The van der Waals surface area contributed by atoms with E-state index in [0.717, 1.165) is 28.4 Å². The third-order valence-electron chi connectivity index (χ3n) is 6.64. The number of amides is 1. The van der Waals surface area contributed by atoms with Crippen molar-refractivity contribution < 1.29 is 4.79 Å². The first-order valence-corrected chi connectivity index (χ1v) is 12.3. The van der Waals surface area contributed by atoms with Crippen LogP contribution in [0.1, 0.15) is 40.3 Å². The molecule has 1 fully saturated rings. The predicted molar refractivity (Wildman–Crippen MR) is 134 cm³/mol. The Morgan fingerprint density at radius 1 is 1.09 bits per heavy atom. The minimum atomic E-state index is -0.0280. The number of amidine groups is 1. The summed E-state index contributed by atoms with van der Waals surface area (Å²) in [6.07, 6.45) is 5.12. The van der Waals surface area contributed by atoms with Crippen molar-refractivity contribution in [3.8, 4) is 0 Å². The molecule has 3 heterocycles. The molecule has 1 amide bonds. The maximum absolute atomic E-state index is 12.6. The Morgan fingerprint density at radius 2 is 1.91 bits per heavy atom. The molecule has 5 rings (SSSR count). The summed E-state index contributed by atoms with van der Waals surface area (Å²) >= 11 is 1.45. The highest BCUT2D eigenvalue weighted by Crippen LogP contribution is 2.35. The number of hydrogen-bond donors (Lipinski definition) is 3. The summed E-state index contributed by atoms with van der Waals surface area (Å²) in [6, 6.07) is 13.3. The highest BCUT2D eigenvalue weighted by Gasteiger charge is 2.44. The van der Waals surface area contributed by atoms with Crippen LogP contribution in [0.5, 0.6) is 0 Å². The minimum absolute atomic E-state index is 0.0280.